The third-order valence-corrected chi connectivity index (χ3v) is 3.29. The van der Waals surface area contributed by atoms with Crippen LogP contribution in [0.1, 0.15) is 18.9 Å². The Kier molecular flexibility index (Phi) is 7.25. The first-order valence-electron chi connectivity index (χ1n) is 6.37. The lowest BCUT2D eigenvalue weighted by atomic mass is 10.2. The van der Waals surface area contributed by atoms with Gasteiger partial charge in [0.05, 0.1) is 6.42 Å². The number of phenols is 1. The highest BCUT2D eigenvalue weighted by molar-refractivity contribution is 8.13. The summed E-state index contributed by atoms with van der Waals surface area (Å²) in [6.07, 6.45) is 2.77. The van der Waals surface area contributed by atoms with Gasteiger partial charge in [0, 0.05) is 19.2 Å². The largest absolute Gasteiger partial charge is 0.508 e. The normalized spacial score (nSPS) is 10.5. The lowest BCUT2D eigenvalue weighted by molar-refractivity contribution is -0.120. The summed E-state index contributed by atoms with van der Waals surface area (Å²) in [5, 5.41) is 11.5. The van der Waals surface area contributed by atoms with E-state index in [0.717, 1.165) is 17.3 Å². The predicted octanol–water partition coefficient (Wildman–Crippen LogP) is 1.76. The number of phenolic OH excluding ortho intramolecular Hbond substituents is 1. The summed E-state index contributed by atoms with van der Waals surface area (Å²) in [4.78, 5) is 33.7. The van der Waals surface area contributed by atoms with E-state index in [1.54, 1.807) is 18.2 Å². The molecular formula is C15H17NO4S. The van der Waals surface area contributed by atoms with Crippen molar-refractivity contribution in [3.8, 4) is 5.75 Å². The molecule has 0 bridgehead atoms. The Morgan fingerprint density at radius 3 is 2.52 bits per heavy atom. The molecule has 1 rings (SSSR count). The van der Waals surface area contributed by atoms with Crippen LogP contribution < -0.4 is 5.32 Å². The molecule has 1 amide bonds. The van der Waals surface area contributed by atoms with Crippen LogP contribution in [-0.4, -0.2) is 34.2 Å². The highest BCUT2D eigenvalue weighted by Gasteiger charge is 2.07. The van der Waals surface area contributed by atoms with E-state index < -0.39 is 0 Å². The Balaban J connectivity index is 2.30. The van der Waals surface area contributed by atoms with Gasteiger partial charge in [-0.3, -0.25) is 14.4 Å². The highest BCUT2D eigenvalue weighted by atomic mass is 32.2. The lowest BCUT2D eigenvalue weighted by Gasteiger charge is -2.00. The number of nitrogens with one attached hydrogen (secondary N) is 1. The number of allylic oxidation sites excluding steroid dienone is 1. The van der Waals surface area contributed by atoms with Crippen molar-refractivity contribution in [3.05, 3.63) is 35.9 Å². The molecule has 2 N–H and O–H groups in total. The number of carbonyl (C=O) groups is 3. The fourth-order valence-corrected chi connectivity index (χ4v) is 2.09. The summed E-state index contributed by atoms with van der Waals surface area (Å²) >= 11 is 1.03. The van der Waals surface area contributed by atoms with Crippen LogP contribution in [0, 0.1) is 0 Å². The molecule has 0 radical (unpaired) electrons. The van der Waals surface area contributed by atoms with Gasteiger partial charge in [0.15, 0.2) is 10.9 Å². The van der Waals surface area contributed by atoms with Crippen molar-refractivity contribution in [2.75, 3.05) is 12.3 Å². The fourth-order valence-electron chi connectivity index (χ4n) is 1.42. The molecule has 112 valence electrons. The van der Waals surface area contributed by atoms with Crippen molar-refractivity contribution in [3.63, 3.8) is 0 Å². The maximum atomic E-state index is 11.6. The quantitative estimate of drug-likeness (QED) is 0.455. The van der Waals surface area contributed by atoms with Gasteiger partial charge >= 0.3 is 0 Å². The van der Waals surface area contributed by atoms with E-state index in [0.29, 0.717) is 12.3 Å². The van der Waals surface area contributed by atoms with Crippen LogP contribution >= 0.6 is 11.8 Å². The number of ketones is 1. The molecule has 0 unspecified atom stereocenters. The van der Waals surface area contributed by atoms with E-state index in [9.17, 15) is 14.4 Å². The van der Waals surface area contributed by atoms with Gasteiger partial charge in [-0.15, -0.1) is 0 Å². The third-order valence-electron chi connectivity index (χ3n) is 2.41. The standard InChI is InChI=1S/C15H17NO4S/c1-11(17)16-8-9-21-15(20)10-14(19)7-4-12-2-5-13(18)6-3-12/h2-7,18H,8-10H2,1H3,(H,16,17). The average Bonchev–Trinajstić information content (AvgIpc) is 2.43. The topological polar surface area (TPSA) is 83.5 Å². The molecule has 6 heteroatoms. The van der Waals surface area contributed by atoms with Crippen LogP contribution in [0.3, 0.4) is 0 Å². The number of amides is 1. The molecule has 0 saturated heterocycles. The summed E-state index contributed by atoms with van der Waals surface area (Å²) in [7, 11) is 0. The maximum Gasteiger partial charge on any atom is 0.216 e. The maximum absolute atomic E-state index is 11.6. The molecule has 0 aliphatic heterocycles. The van der Waals surface area contributed by atoms with Crippen molar-refractivity contribution in [1.82, 2.24) is 5.32 Å². The van der Waals surface area contributed by atoms with E-state index in [2.05, 4.69) is 5.32 Å². The molecule has 0 atom stereocenters. The number of hydrogen-bond donors (Lipinski definition) is 2. The van der Waals surface area contributed by atoms with E-state index in [1.165, 1.54) is 25.1 Å². The van der Waals surface area contributed by atoms with Gasteiger partial charge in [-0.25, -0.2) is 0 Å². The van der Waals surface area contributed by atoms with E-state index in [4.69, 9.17) is 5.11 Å². The van der Waals surface area contributed by atoms with Crippen molar-refractivity contribution in [2.45, 2.75) is 13.3 Å². The number of thioether (sulfide) groups is 1. The first-order chi connectivity index (χ1) is 9.97. The monoisotopic (exact) mass is 307 g/mol. The second-order valence-electron chi connectivity index (χ2n) is 4.27. The van der Waals surface area contributed by atoms with Gasteiger partial charge in [0.1, 0.15) is 5.75 Å². The molecule has 0 fully saturated rings. The minimum absolute atomic E-state index is 0.143. The van der Waals surface area contributed by atoms with Crippen molar-refractivity contribution >= 4 is 34.6 Å². The molecule has 0 saturated carbocycles. The predicted molar refractivity (Wildman–Crippen MR) is 82.9 cm³/mol. The molecule has 0 aliphatic rings. The fraction of sp³-hybridized carbons (Fsp3) is 0.267. The van der Waals surface area contributed by atoms with E-state index in [-0.39, 0.29) is 29.0 Å². The van der Waals surface area contributed by atoms with Crippen LogP contribution in [-0.2, 0) is 14.4 Å². The highest BCUT2D eigenvalue weighted by Crippen LogP contribution is 2.11. The average molecular weight is 307 g/mol. The Morgan fingerprint density at radius 2 is 1.90 bits per heavy atom. The third kappa shape index (κ3) is 7.94. The number of hydrogen-bond acceptors (Lipinski definition) is 5. The Bertz CT molecular complexity index is 537. The second kappa shape index (κ2) is 8.97. The second-order valence-corrected chi connectivity index (χ2v) is 5.42. The number of rotatable bonds is 7. The summed E-state index contributed by atoms with van der Waals surface area (Å²) in [5.41, 5.74) is 0.770. The first-order valence-corrected chi connectivity index (χ1v) is 7.36. The van der Waals surface area contributed by atoms with Crippen LogP contribution in [0.4, 0.5) is 0 Å². The van der Waals surface area contributed by atoms with Gasteiger partial charge in [-0.1, -0.05) is 30.0 Å². The minimum atomic E-state index is -0.278. The molecule has 0 spiro atoms. The Hall–Kier alpha value is -2.08. The van der Waals surface area contributed by atoms with Gasteiger partial charge in [0.2, 0.25) is 5.91 Å². The lowest BCUT2D eigenvalue weighted by Crippen LogP contribution is -2.22. The molecular weight excluding hydrogens is 290 g/mol. The first kappa shape index (κ1) is 17.0. The summed E-state index contributed by atoms with van der Waals surface area (Å²) < 4.78 is 0. The molecule has 1 aromatic rings. The zero-order valence-electron chi connectivity index (χ0n) is 11.7. The molecule has 21 heavy (non-hydrogen) atoms. The molecule has 5 nitrogen and oxygen atoms in total. The van der Waals surface area contributed by atoms with Gasteiger partial charge in [0.25, 0.3) is 0 Å². The van der Waals surface area contributed by atoms with E-state index in [1.807, 2.05) is 0 Å². The summed E-state index contributed by atoms with van der Waals surface area (Å²) in [5.74, 6) is 0.188. The van der Waals surface area contributed by atoms with Crippen molar-refractivity contribution in [1.29, 1.82) is 0 Å². The van der Waals surface area contributed by atoms with Crippen LogP contribution in [0.15, 0.2) is 30.3 Å². The Morgan fingerprint density at radius 1 is 1.24 bits per heavy atom. The number of carbonyl (C=O) groups excluding carboxylic acids is 3. The van der Waals surface area contributed by atoms with Crippen LogP contribution in [0.2, 0.25) is 0 Å². The zero-order valence-corrected chi connectivity index (χ0v) is 12.5. The molecule has 0 heterocycles. The van der Waals surface area contributed by atoms with E-state index >= 15 is 0 Å². The van der Waals surface area contributed by atoms with Crippen molar-refractivity contribution in [2.24, 2.45) is 0 Å². The molecule has 1 aromatic carbocycles. The van der Waals surface area contributed by atoms with Crippen molar-refractivity contribution < 1.29 is 19.5 Å². The van der Waals surface area contributed by atoms with Crippen LogP contribution in [0.5, 0.6) is 5.75 Å². The molecule has 0 aromatic heterocycles. The van der Waals surface area contributed by atoms with Gasteiger partial charge < -0.3 is 10.4 Å². The summed E-state index contributed by atoms with van der Waals surface area (Å²) in [6, 6.07) is 6.38. The molecule has 0 aliphatic carbocycles. The van der Waals surface area contributed by atoms with Crippen LogP contribution in [0.25, 0.3) is 6.08 Å². The van der Waals surface area contributed by atoms with Gasteiger partial charge in [-0.05, 0) is 23.8 Å². The minimum Gasteiger partial charge on any atom is -0.508 e. The Labute approximate surface area is 127 Å². The SMILES string of the molecule is CC(=O)NCCSC(=O)CC(=O)C=Cc1ccc(O)cc1. The smallest absolute Gasteiger partial charge is 0.216 e. The zero-order chi connectivity index (χ0) is 15.7. The summed E-state index contributed by atoms with van der Waals surface area (Å²) in [6.45, 7) is 1.81. The number of aromatic hydroxyl groups is 1. The number of benzene rings is 1. The van der Waals surface area contributed by atoms with Gasteiger partial charge in [-0.2, -0.15) is 0 Å².